The van der Waals surface area contributed by atoms with Crippen LogP contribution in [0.1, 0.15) is 220 Å². The van der Waals surface area contributed by atoms with Crippen LogP contribution < -0.4 is 0 Å². The monoisotopic (exact) mass is 619 g/mol. The van der Waals surface area contributed by atoms with Crippen LogP contribution in [0.4, 0.5) is 0 Å². The van der Waals surface area contributed by atoms with Gasteiger partial charge in [0.05, 0.1) is 12.1 Å². The van der Waals surface area contributed by atoms with Crippen LogP contribution in [0.25, 0.3) is 0 Å². The molecular weight excluding hydrogens is 540 g/mol. The summed E-state index contributed by atoms with van der Waals surface area (Å²) in [6, 6.07) is 0.781. The van der Waals surface area contributed by atoms with E-state index in [-0.39, 0.29) is 0 Å². The van der Waals surface area contributed by atoms with E-state index in [1.54, 1.807) is 0 Å². The summed E-state index contributed by atoms with van der Waals surface area (Å²) in [5.41, 5.74) is 0. The highest BCUT2D eigenvalue weighted by Crippen LogP contribution is 2.16. The highest BCUT2D eigenvalue weighted by atomic mass is 16.5. The first-order valence-electron chi connectivity index (χ1n) is 20.0. The maximum absolute atomic E-state index is 5.53. The molecule has 2 rings (SSSR count). The lowest BCUT2D eigenvalue weighted by molar-refractivity contribution is 0.314. The minimum atomic E-state index is 0.390. The summed E-state index contributed by atoms with van der Waals surface area (Å²) >= 11 is 0. The third kappa shape index (κ3) is 27.3. The molecule has 2 atom stereocenters. The fourth-order valence-corrected chi connectivity index (χ4v) is 6.29. The van der Waals surface area contributed by atoms with E-state index in [1.807, 2.05) is 0 Å². The molecule has 2 heterocycles. The predicted molar refractivity (Wildman–Crippen MR) is 196 cm³/mol. The van der Waals surface area contributed by atoms with Crippen LogP contribution in [0, 0.1) is 0 Å². The van der Waals surface area contributed by atoms with Crippen LogP contribution in [0.15, 0.2) is 9.98 Å². The van der Waals surface area contributed by atoms with Gasteiger partial charge in [0.15, 0.2) is 11.8 Å². The maximum Gasteiger partial charge on any atom is 0.183 e. The molecule has 0 aliphatic carbocycles. The van der Waals surface area contributed by atoms with Gasteiger partial charge in [-0.2, -0.15) is 0 Å². The largest absolute Gasteiger partial charge is 0.479 e. The lowest BCUT2D eigenvalue weighted by atomic mass is 10.0. The lowest BCUT2D eigenvalue weighted by Crippen LogP contribution is -2.00. The second-order valence-corrected chi connectivity index (χ2v) is 14.1. The molecule has 2 unspecified atom stereocenters. The van der Waals surface area contributed by atoms with Crippen molar-refractivity contribution in [3.63, 3.8) is 0 Å². The van der Waals surface area contributed by atoms with Gasteiger partial charge in [0.1, 0.15) is 13.2 Å². The fraction of sp³-hybridized carbons (Fsp3) is 0.950. The van der Waals surface area contributed by atoms with Gasteiger partial charge in [0.25, 0.3) is 0 Å². The van der Waals surface area contributed by atoms with Gasteiger partial charge in [-0.1, -0.05) is 181 Å². The second-order valence-electron chi connectivity index (χ2n) is 14.1. The van der Waals surface area contributed by atoms with Crippen molar-refractivity contribution in [2.75, 3.05) is 13.2 Å². The molecule has 4 nitrogen and oxygen atoms in total. The molecule has 0 amide bonds. The first-order chi connectivity index (χ1) is 21.7. The molecule has 2 aliphatic heterocycles. The molecule has 0 bridgehead atoms. The molecule has 0 aromatic carbocycles. The normalized spacial score (nSPS) is 17.5. The lowest BCUT2D eigenvalue weighted by Gasteiger charge is -2.04. The Morgan fingerprint density at radius 1 is 0.386 bits per heavy atom. The quantitative estimate of drug-likeness (QED) is 0.0752. The SMILES string of the molecule is CCCCCCCCCCCCCCCC1=NC(C)CO1.CCCCCCCCCCCCCCCCCC1=NC(C)CO1. The summed E-state index contributed by atoms with van der Waals surface area (Å²) in [5, 5.41) is 0. The topological polar surface area (TPSA) is 43.2 Å². The van der Waals surface area contributed by atoms with Crippen molar-refractivity contribution in [2.24, 2.45) is 9.98 Å². The Morgan fingerprint density at radius 2 is 0.614 bits per heavy atom. The van der Waals surface area contributed by atoms with Crippen LogP contribution in [0.3, 0.4) is 0 Å². The van der Waals surface area contributed by atoms with E-state index in [0.29, 0.717) is 12.1 Å². The van der Waals surface area contributed by atoms with Crippen LogP contribution in [-0.4, -0.2) is 37.1 Å². The maximum atomic E-state index is 5.53. The van der Waals surface area contributed by atoms with Gasteiger partial charge in [0, 0.05) is 12.8 Å². The zero-order valence-corrected chi connectivity index (χ0v) is 30.5. The van der Waals surface area contributed by atoms with E-state index in [9.17, 15) is 0 Å². The molecule has 0 fully saturated rings. The molecular formula is C40H78N2O2. The molecule has 2 aliphatic rings. The minimum absolute atomic E-state index is 0.390. The van der Waals surface area contributed by atoms with Crippen LogP contribution >= 0.6 is 0 Å². The van der Waals surface area contributed by atoms with Gasteiger partial charge in [0.2, 0.25) is 0 Å². The average Bonchev–Trinajstić information content (AvgIpc) is 3.64. The van der Waals surface area contributed by atoms with Crippen molar-refractivity contribution in [3.8, 4) is 0 Å². The van der Waals surface area contributed by atoms with Crippen LogP contribution in [0.5, 0.6) is 0 Å². The van der Waals surface area contributed by atoms with Crippen LogP contribution in [0.2, 0.25) is 0 Å². The van der Waals surface area contributed by atoms with Gasteiger partial charge in [-0.3, -0.25) is 0 Å². The Hall–Kier alpha value is -1.06. The van der Waals surface area contributed by atoms with Crippen LogP contribution in [-0.2, 0) is 9.47 Å². The molecule has 0 radical (unpaired) electrons. The summed E-state index contributed by atoms with van der Waals surface area (Å²) in [6.07, 6.45) is 41.8. The minimum Gasteiger partial charge on any atom is -0.479 e. The summed E-state index contributed by atoms with van der Waals surface area (Å²) in [7, 11) is 0. The average molecular weight is 619 g/mol. The third-order valence-corrected chi connectivity index (χ3v) is 9.20. The Bertz CT molecular complexity index is 662. The highest BCUT2D eigenvalue weighted by molar-refractivity contribution is 5.77. The van der Waals surface area contributed by atoms with Gasteiger partial charge >= 0.3 is 0 Å². The molecule has 4 heteroatoms. The first kappa shape index (κ1) is 41.0. The highest BCUT2D eigenvalue weighted by Gasteiger charge is 2.14. The van der Waals surface area contributed by atoms with E-state index in [0.717, 1.165) is 37.9 Å². The Kier molecular flexibility index (Phi) is 29.7. The smallest absolute Gasteiger partial charge is 0.183 e. The molecule has 0 aromatic rings. The van der Waals surface area contributed by atoms with E-state index in [4.69, 9.17) is 9.47 Å². The summed E-state index contributed by atoms with van der Waals surface area (Å²) in [4.78, 5) is 8.96. The molecule has 0 aromatic heterocycles. The van der Waals surface area contributed by atoms with E-state index < -0.39 is 0 Å². The fourth-order valence-electron chi connectivity index (χ4n) is 6.29. The number of hydrogen-bond donors (Lipinski definition) is 0. The Labute approximate surface area is 276 Å². The van der Waals surface area contributed by atoms with Crippen molar-refractivity contribution >= 4 is 11.8 Å². The standard InChI is InChI=1S/C21H41NO.C19H37NO/c1-3-4-5-6-7-8-9-10-11-12-13-14-15-16-17-18-21-22-20(2)19-23-21;1-3-4-5-6-7-8-9-10-11-12-13-14-15-16-19-20-18(2)17-21-19/h20H,3-19H2,1-2H3;18H,3-17H2,1-2H3. The van der Waals surface area contributed by atoms with Gasteiger partial charge in [-0.25, -0.2) is 9.98 Å². The van der Waals surface area contributed by atoms with Crippen molar-refractivity contribution in [1.82, 2.24) is 0 Å². The molecule has 0 saturated carbocycles. The number of nitrogens with zero attached hydrogens (tertiary/aromatic N) is 2. The third-order valence-electron chi connectivity index (χ3n) is 9.20. The van der Waals surface area contributed by atoms with E-state index >= 15 is 0 Å². The number of unbranched alkanes of at least 4 members (excludes halogenated alkanes) is 26. The van der Waals surface area contributed by atoms with Gasteiger partial charge < -0.3 is 9.47 Å². The molecule has 0 saturated heterocycles. The predicted octanol–water partition coefficient (Wildman–Crippen LogP) is 13.3. The summed E-state index contributed by atoms with van der Waals surface area (Å²) < 4.78 is 11.1. The zero-order valence-electron chi connectivity index (χ0n) is 30.5. The zero-order chi connectivity index (χ0) is 31.8. The van der Waals surface area contributed by atoms with Gasteiger partial charge in [-0.15, -0.1) is 0 Å². The second kappa shape index (κ2) is 31.9. The number of ether oxygens (including phenoxy) is 2. The van der Waals surface area contributed by atoms with E-state index in [1.165, 1.54) is 180 Å². The van der Waals surface area contributed by atoms with E-state index in [2.05, 4.69) is 37.7 Å². The number of hydrogen-bond acceptors (Lipinski definition) is 4. The van der Waals surface area contributed by atoms with Gasteiger partial charge in [-0.05, 0) is 26.7 Å². The molecule has 0 N–H and O–H groups in total. The summed E-state index contributed by atoms with van der Waals surface area (Å²) in [6.45, 7) is 10.4. The molecule has 260 valence electrons. The number of aliphatic imine (C=N–C) groups is 2. The van der Waals surface area contributed by atoms with Crippen molar-refractivity contribution in [1.29, 1.82) is 0 Å². The first-order valence-corrected chi connectivity index (χ1v) is 20.0. The van der Waals surface area contributed by atoms with Crippen molar-refractivity contribution in [3.05, 3.63) is 0 Å². The number of rotatable bonds is 30. The summed E-state index contributed by atoms with van der Waals surface area (Å²) in [5.74, 6) is 2.01. The van der Waals surface area contributed by atoms with Crippen molar-refractivity contribution < 1.29 is 9.47 Å². The molecule has 0 spiro atoms. The molecule has 44 heavy (non-hydrogen) atoms. The Morgan fingerprint density at radius 3 is 0.818 bits per heavy atom. The van der Waals surface area contributed by atoms with Crippen molar-refractivity contribution in [2.45, 2.75) is 232 Å². The Balaban J connectivity index is 0.000000442.